The summed E-state index contributed by atoms with van der Waals surface area (Å²) >= 11 is 3.13. The third kappa shape index (κ3) is 4.09. The van der Waals surface area contributed by atoms with E-state index in [1.54, 1.807) is 29.7 Å². The summed E-state index contributed by atoms with van der Waals surface area (Å²) in [5.41, 5.74) is 1.51. The molecule has 0 fully saturated rings. The van der Waals surface area contributed by atoms with Gasteiger partial charge in [0.05, 0.1) is 5.69 Å². The summed E-state index contributed by atoms with van der Waals surface area (Å²) in [7, 11) is 0. The van der Waals surface area contributed by atoms with Crippen molar-refractivity contribution in [3.63, 3.8) is 0 Å². The number of hydrogen-bond acceptors (Lipinski definition) is 6. The number of benzene rings is 1. The molecule has 0 saturated carbocycles. The fourth-order valence-corrected chi connectivity index (χ4v) is 3.48. The Balaban J connectivity index is 1.37. The second kappa shape index (κ2) is 7.67. The van der Waals surface area contributed by atoms with Gasteiger partial charge in [0, 0.05) is 16.2 Å². The van der Waals surface area contributed by atoms with Gasteiger partial charge in [-0.3, -0.25) is 5.10 Å². The molecule has 0 amide bonds. The zero-order valence-electron chi connectivity index (χ0n) is 13.4. The summed E-state index contributed by atoms with van der Waals surface area (Å²) in [5.74, 6) is 1.46. The van der Waals surface area contributed by atoms with Crippen molar-refractivity contribution in [2.24, 2.45) is 0 Å². The van der Waals surface area contributed by atoms with Crippen LogP contribution < -0.4 is 0 Å². The van der Waals surface area contributed by atoms with E-state index in [4.69, 9.17) is 4.42 Å². The van der Waals surface area contributed by atoms with Crippen molar-refractivity contribution in [3.05, 3.63) is 70.3 Å². The van der Waals surface area contributed by atoms with Crippen molar-refractivity contribution in [3.8, 4) is 11.5 Å². The van der Waals surface area contributed by atoms with Gasteiger partial charge in [0.1, 0.15) is 17.9 Å². The minimum Gasteiger partial charge on any atom is -0.444 e. The lowest BCUT2D eigenvalue weighted by Gasteiger charge is -1.94. The number of rotatable bonds is 6. The van der Waals surface area contributed by atoms with Crippen molar-refractivity contribution in [1.29, 1.82) is 0 Å². The summed E-state index contributed by atoms with van der Waals surface area (Å²) in [6.45, 7) is 0. The summed E-state index contributed by atoms with van der Waals surface area (Å²) in [6.07, 6.45) is 5.48. The fraction of sp³-hybridized carbons (Fsp3) is 0.0556. The Morgan fingerprint density at radius 3 is 2.85 bits per heavy atom. The molecule has 0 spiro atoms. The molecular formula is C18H13FN4OS2. The largest absolute Gasteiger partial charge is 0.444 e. The van der Waals surface area contributed by atoms with E-state index in [-0.39, 0.29) is 5.82 Å². The molecule has 0 radical (unpaired) electrons. The molecule has 0 aliphatic heterocycles. The minimum atomic E-state index is -0.287. The molecule has 5 nitrogen and oxygen atoms in total. The summed E-state index contributed by atoms with van der Waals surface area (Å²) < 4.78 is 18.4. The molecule has 3 heterocycles. The average molecular weight is 384 g/mol. The van der Waals surface area contributed by atoms with Crippen LogP contribution in [-0.2, 0) is 5.75 Å². The summed E-state index contributed by atoms with van der Waals surface area (Å²) in [4.78, 5) is 9.99. The normalized spacial score (nSPS) is 11.4. The smallest absolute Gasteiger partial charge is 0.226 e. The van der Waals surface area contributed by atoms with Crippen LogP contribution in [-0.4, -0.2) is 20.2 Å². The van der Waals surface area contributed by atoms with Crippen molar-refractivity contribution >= 4 is 35.3 Å². The van der Waals surface area contributed by atoms with E-state index in [1.807, 2.05) is 29.7 Å². The van der Waals surface area contributed by atoms with Gasteiger partial charge in [-0.05, 0) is 47.9 Å². The van der Waals surface area contributed by atoms with E-state index in [9.17, 15) is 4.39 Å². The van der Waals surface area contributed by atoms with E-state index >= 15 is 0 Å². The highest BCUT2D eigenvalue weighted by Gasteiger charge is 2.09. The van der Waals surface area contributed by atoms with Gasteiger partial charge >= 0.3 is 0 Å². The lowest BCUT2D eigenvalue weighted by Crippen LogP contribution is -1.84. The van der Waals surface area contributed by atoms with Gasteiger partial charge in [0.15, 0.2) is 0 Å². The molecule has 4 rings (SSSR count). The maximum atomic E-state index is 13.0. The Labute approximate surface area is 157 Å². The van der Waals surface area contributed by atoms with Crippen LogP contribution in [0.15, 0.2) is 57.6 Å². The number of thiophene rings is 1. The average Bonchev–Trinajstić information content (AvgIpc) is 3.40. The van der Waals surface area contributed by atoms with Crippen LogP contribution in [0.1, 0.15) is 16.4 Å². The minimum absolute atomic E-state index is 0.287. The molecule has 0 bridgehead atoms. The predicted molar refractivity (Wildman–Crippen MR) is 101 cm³/mol. The molecule has 3 aromatic heterocycles. The molecule has 0 atom stereocenters. The molecule has 0 aliphatic rings. The van der Waals surface area contributed by atoms with Gasteiger partial charge in [-0.25, -0.2) is 14.4 Å². The molecule has 0 unspecified atom stereocenters. The molecule has 130 valence electrons. The second-order valence-corrected chi connectivity index (χ2v) is 7.21. The van der Waals surface area contributed by atoms with Crippen LogP contribution >= 0.6 is 23.1 Å². The quantitative estimate of drug-likeness (QED) is 0.467. The van der Waals surface area contributed by atoms with Crippen LogP contribution in [0.4, 0.5) is 4.39 Å². The van der Waals surface area contributed by atoms with Crippen molar-refractivity contribution in [2.75, 3.05) is 0 Å². The van der Waals surface area contributed by atoms with Gasteiger partial charge < -0.3 is 4.42 Å². The Hall–Kier alpha value is -2.71. The van der Waals surface area contributed by atoms with Gasteiger partial charge in [-0.15, -0.1) is 16.4 Å². The lowest BCUT2D eigenvalue weighted by molar-refractivity contribution is 0.573. The first-order chi connectivity index (χ1) is 12.8. The zero-order valence-corrected chi connectivity index (χ0v) is 15.1. The second-order valence-electron chi connectivity index (χ2n) is 5.29. The molecule has 8 heteroatoms. The van der Waals surface area contributed by atoms with Crippen LogP contribution in [0.3, 0.4) is 0 Å². The van der Waals surface area contributed by atoms with Gasteiger partial charge in [-0.2, -0.15) is 0 Å². The first kappa shape index (κ1) is 16.7. The molecule has 26 heavy (non-hydrogen) atoms. The highest BCUT2D eigenvalue weighted by atomic mass is 32.2. The van der Waals surface area contributed by atoms with Crippen molar-refractivity contribution < 1.29 is 8.81 Å². The SMILES string of the molecule is Fc1ccc(-c2nc(CSc3n[nH]c(/C=C\c4cccs4)n3)co2)cc1. The molecule has 0 saturated heterocycles. The Morgan fingerprint density at radius 1 is 1.15 bits per heavy atom. The Bertz CT molecular complexity index is 1010. The van der Waals surface area contributed by atoms with Gasteiger partial charge in [0.2, 0.25) is 11.0 Å². The molecule has 1 aromatic carbocycles. The lowest BCUT2D eigenvalue weighted by atomic mass is 10.2. The fourth-order valence-electron chi connectivity index (χ4n) is 2.18. The van der Waals surface area contributed by atoms with Crippen LogP contribution in [0.5, 0.6) is 0 Å². The summed E-state index contributed by atoms with van der Waals surface area (Å²) in [5, 5.41) is 9.75. The first-order valence-electron chi connectivity index (χ1n) is 7.73. The molecular weight excluding hydrogens is 371 g/mol. The first-order valence-corrected chi connectivity index (χ1v) is 9.60. The monoisotopic (exact) mass is 384 g/mol. The number of aromatic nitrogens is 4. The highest BCUT2D eigenvalue weighted by molar-refractivity contribution is 7.98. The molecule has 4 aromatic rings. The van der Waals surface area contributed by atoms with E-state index in [2.05, 4.69) is 20.2 Å². The van der Waals surface area contributed by atoms with Crippen LogP contribution in [0.25, 0.3) is 23.6 Å². The number of nitrogens with one attached hydrogen (secondary N) is 1. The van der Waals surface area contributed by atoms with E-state index < -0.39 is 0 Å². The molecule has 1 N–H and O–H groups in total. The van der Waals surface area contributed by atoms with Crippen LogP contribution in [0, 0.1) is 5.82 Å². The van der Waals surface area contributed by atoms with Crippen molar-refractivity contribution in [2.45, 2.75) is 10.9 Å². The van der Waals surface area contributed by atoms with Gasteiger partial charge in [0.25, 0.3) is 0 Å². The number of hydrogen-bond donors (Lipinski definition) is 1. The van der Waals surface area contributed by atoms with Gasteiger partial charge in [-0.1, -0.05) is 17.8 Å². The van der Waals surface area contributed by atoms with E-state index in [0.717, 1.165) is 16.1 Å². The predicted octanol–water partition coefficient (Wildman–Crippen LogP) is 5.12. The number of H-pyrrole nitrogens is 1. The van der Waals surface area contributed by atoms with E-state index in [0.29, 0.717) is 22.6 Å². The number of aromatic amines is 1. The number of thioether (sulfide) groups is 1. The third-order valence-corrected chi connectivity index (χ3v) is 5.14. The van der Waals surface area contributed by atoms with Crippen LogP contribution in [0.2, 0.25) is 0 Å². The third-order valence-electron chi connectivity index (χ3n) is 3.42. The standard InChI is InChI=1S/C18H13FN4OS2/c19-13-5-3-12(4-6-13)17-20-14(10-24-17)11-26-18-21-16(22-23-18)8-7-15-2-1-9-25-15/h1-10H,11H2,(H,21,22,23)/b8-7-. The summed E-state index contributed by atoms with van der Waals surface area (Å²) in [6, 6.07) is 10.1. The topological polar surface area (TPSA) is 67.6 Å². The Morgan fingerprint density at radius 2 is 2.04 bits per heavy atom. The highest BCUT2D eigenvalue weighted by Crippen LogP contribution is 2.23. The van der Waals surface area contributed by atoms with Crippen molar-refractivity contribution in [1.82, 2.24) is 20.2 Å². The maximum absolute atomic E-state index is 13.0. The number of halogens is 1. The molecule has 0 aliphatic carbocycles. The number of oxazole rings is 1. The maximum Gasteiger partial charge on any atom is 0.226 e. The van der Waals surface area contributed by atoms with E-state index in [1.165, 1.54) is 23.9 Å². The Kier molecular flexibility index (Phi) is 4.94. The zero-order chi connectivity index (χ0) is 17.8. The number of nitrogens with zero attached hydrogens (tertiary/aromatic N) is 3.